The van der Waals surface area contributed by atoms with E-state index in [1.54, 1.807) is 0 Å². The third-order valence-corrected chi connectivity index (χ3v) is 6.30. The largest absolute Gasteiger partial charge is 0.334 e. The average Bonchev–Trinajstić information content (AvgIpc) is 2.73. The molecular weight excluding hydrogens is 265 g/mol. The van der Waals surface area contributed by atoms with Crippen LogP contribution < -0.4 is 10.4 Å². The molecular formula is C20H24BN. The molecule has 2 atom stereocenters. The molecule has 0 bridgehead atoms. The van der Waals surface area contributed by atoms with Gasteiger partial charge < -0.3 is 4.90 Å². The van der Waals surface area contributed by atoms with Gasteiger partial charge in [-0.15, -0.1) is 0 Å². The Labute approximate surface area is 134 Å². The summed E-state index contributed by atoms with van der Waals surface area (Å²) in [7, 11) is 2.16. The van der Waals surface area contributed by atoms with Crippen LogP contribution in [0.1, 0.15) is 45.1 Å². The van der Waals surface area contributed by atoms with Crippen LogP contribution in [0.15, 0.2) is 48.5 Å². The Hall–Kier alpha value is -1.70. The van der Waals surface area contributed by atoms with E-state index < -0.39 is 0 Å². The number of hydrogen-bond acceptors (Lipinski definition) is 1. The molecule has 2 heteroatoms. The number of nitrogens with zero attached hydrogens (tertiary/aromatic N) is 1. The minimum atomic E-state index is 0.185. The lowest BCUT2D eigenvalue weighted by Gasteiger charge is -2.50. The second-order valence-corrected chi connectivity index (χ2v) is 7.50. The molecule has 2 unspecified atom stereocenters. The van der Waals surface area contributed by atoms with Crippen molar-refractivity contribution in [2.45, 2.75) is 50.5 Å². The van der Waals surface area contributed by atoms with Crippen molar-refractivity contribution in [2.75, 3.05) is 4.90 Å². The molecule has 0 N–H and O–H groups in total. The summed E-state index contributed by atoms with van der Waals surface area (Å²) in [6.45, 7) is 4.96. The summed E-state index contributed by atoms with van der Waals surface area (Å²) in [5.74, 6) is 0. The third kappa shape index (κ3) is 1.67. The summed E-state index contributed by atoms with van der Waals surface area (Å²) < 4.78 is 0. The number of hydrogen-bond donors (Lipinski definition) is 0. The summed E-state index contributed by atoms with van der Waals surface area (Å²) in [4.78, 5) is 2.63. The Morgan fingerprint density at radius 3 is 2.36 bits per heavy atom. The summed E-state index contributed by atoms with van der Waals surface area (Å²) in [5.41, 5.74) is 6.06. The number of benzene rings is 2. The normalized spacial score (nSPS) is 30.0. The van der Waals surface area contributed by atoms with Crippen LogP contribution in [0.5, 0.6) is 0 Å². The van der Waals surface area contributed by atoms with Gasteiger partial charge in [-0.25, -0.2) is 0 Å². The van der Waals surface area contributed by atoms with Crippen LogP contribution in [0.25, 0.3) is 0 Å². The lowest BCUT2D eigenvalue weighted by molar-refractivity contribution is 0.195. The van der Waals surface area contributed by atoms with Gasteiger partial charge in [-0.1, -0.05) is 55.6 Å². The van der Waals surface area contributed by atoms with Gasteiger partial charge in [-0.2, -0.15) is 0 Å². The Morgan fingerprint density at radius 1 is 0.909 bits per heavy atom. The fourth-order valence-electron chi connectivity index (χ4n) is 4.80. The first-order chi connectivity index (χ1) is 10.6. The predicted octanol–water partition coefficient (Wildman–Crippen LogP) is 3.69. The van der Waals surface area contributed by atoms with E-state index in [0.29, 0.717) is 0 Å². The average molecular weight is 289 g/mol. The van der Waals surface area contributed by atoms with E-state index in [2.05, 4.69) is 75.1 Å². The van der Waals surface area contributed by atoms with Gasteiger partial charge in [0.05, 0.1) is 5.54 Å². The Balaban J connectivity index is 1.95. The molecule has 0 spiro atoms. The third-order valence-electron chi connectivity index (χ3n) is 6.30. The van der Waals surface area contributed by atoms with E-state index in [1.165, 1.54) is 48.1 Å². The first-order valence-electron chi connectivity index (χ1n) is 8.53. The Bertz CT molecular complexity index is 708. The van der Waals surface area contributed by atoms with E-state index in [4.69, 9.17) is 0 Å². The predicted molar refractivity (Wildman–Crippen MR) is 97.4 cm³/mol. The van der Waals surface area contributed by atoms with Crippen molar-refractivity contribution in [2.24, 2.45) is 0 Å². The molecule has 0 saturated heterocycles. The highest BCUT2D eigenvalue weighted by atomic mass is 15.2. The standard InChI is InChI=1S/C20H24BN/c1-19-13-5-6-14-20(19,2)22(16-11-9-15(21)10-12-16)18-8-4-3-7-17(18)19/h3-4,7-12H,5-6,13-14,21H2,1-2H3. The maximum atomic E-state index is 2.63. The first-order valence-corrected chi connectivity index (χ1v) is 8.53. The number of anilines is 2. The molecule has 1 heterocycles. The summed E-state index contributed by atoms with van der Waals surface area (Å²) in [6.07, 6.45) is 5.25. The molecule has 2 aliphatic rings. The molecule has 1 nitrogen and oxygen atoms in total. The van der Waals surface area contributed by atoms with Gasteiger partial charge in [0, 0.05) is 16.8 Å². The summed E-state index contributed by atoms with van der Waals surface area (Å²) in [5, 5.41) is 0. The van der Waals surface area contributed by atoms with Crippen LogP contribution in [0, 0.1) is 0 Å². The fourth-order valence-corrected chi connectivity index (χ4v) is 4.80. The van der Waals surface area contributed by atoms with Crippen LogP contribution in [0.2, 0.25) is 0 Å². The second-order valence-electron chi connectivity index (χ2n) is 7.50. The molecule has 112 valence electrons. The monoisotopic (exact) mass is 289 g/mol. The maximum absolute atomic E-state index is 2.63. The molecule has 0 radical (unpaired) electrons. The second kappa shape index (κ2) is 4.65. The quantitative estimate of drug-likeness (QED) is 0.724. The molecule has 22 heavy (non-hydrogen) atoms. The van der Waals surface area contributed by atoms with E-state index in [0.717, 1.165) is 0 Å². The van der Waals surface area contributed by atoms with Crippen molar-refractivity contribution in [3.05, 3.63) is 54.1 Å². The highest BCUT2D eigenvalue weighted by Crippen LogP contribution is 2.60. The van der Waals surface area contributed by atoms with Crippen LogP contribution >= 0.6 is 0 Å². The molecule has 1 aliphatic carbocycles. The molecule has 2 aromatic rings. The van der Waals surface area contributed by atoms with Gasteiger partial charge in [0.2, 0.25) is 0 Å². The van der Waals surface area contributed by atoms with E-state index in [1.807, 2.05) is 0 Å². The Morgan fingerprint density at radius 2 is 1.59 bits per heavy atom. The van der Waals surface area contributed by atoms with Gasteiger partial charge in [0.1, 0.15) is 7.85 Å². The zero-order valence-corrected chi connectivity index (χ0v) is 13.9. The molecule has 1 fully saturated rings. The van der Waals surface area contributed by atoms with Crippen molar-refractivity contribution >= 4 is 24.7 Å². The minimum absolute atomic E-state index is 0.185. The van der Waals surface area contributed by atoms with Crippen LogP contribution in [0.4, 0.5) is 11.4 Å². The highest BCUT2D eigenvalue weighted by molar-refractivity contribution is 6.32. The summed E-state index contributed by atoms with van der Waals surface area (Å²) >= 11 is 0. The zero-order valence-electron chi connectivity index (χ0n) is 13.9. The van der Waals surface area contributed by atoms with Crippen molar-refractivity contribution in [1.29, 1.82) is 0 Å². The SMILES string of the molecule is Bc1ccc(N2c3ccccc3C3(C)CCCCC23C)cc1. The van der Waals surface area contributed by atoms with Crippen molar-refractivity contribution < 1.29 is 0 Å². The molecule has 1 saturated carbocycles. The fraction of sp³-hybridized carbons (Fsp3) is 0.400. The molecule has 1 aliphatic heterocycles. The van der Waals surface area contributed by atoms with Crippen LogP contribution in [-0.2, 0) is 5.41 Å². The van der Waals surface area contributed by atoms with Gasteiger partial charge in [0.15, 0.2) is 0 Å². The molecule has 2 aromatic carbocycles. The highest BCUT2D eigenvalue weighted by Gasteiger charge is 2.57. The summed E-state index contributed by atoms with van der Waals surface area (Å²) in [6, 6.07) is 18.1. The van der Waals surface area contributed by atoms with E-state index >= 15 is 0 Å². The lowest BCUT2D eigenvalue weighted by atomic mass is 9.61. The maximum Gasteiger partial charge on any atom is 0.139 e. The lowest BCUT2D eigenvalue weighted by Crippen LogP contribution is -2.54. The van der Waals surface area contributed by atoms with Crippen molar-refractivity contribution in [3.63, 3.8) is 0 Å². The minimum Gasteiger partial charge on any atom is -0.334 e. The number of para-hydroxylation sites is 1. The number of rotatable bonds is 1. The Kier molecular flexibility index (Phi) is 2.94. The van der Waals surface area contributed by atoms with Crippen LogP contribution in [-0.4, -0.2) is 13.4 Å². The first kappa shape index (κ1) is 13.9. The van der Waals surface area contributed by atoms with E-state index in [-0.39, 0.29) is 11.0 Å². The smallest absolute Gasteiger partial charge is 0.139 e. The van der Waals surface area contributed by atoms with Gasteiger partial charge in [0.25, 0.3) is 0 Å². The van der Waals surface area contributed by atoms with Gasteiger partial charge in [-0.05, 0) is 43.5 Å². The van der Waals surface area contributed by atoms with Gasteiger partial charge >= 0.3 is 0 Å². The number of fused-ring (bicyclic) bond motifs is 3. The topological polar surface area (TPSA) is 3.24 Å². The molecule has 4 rings (SSSR count). The van der Waals surface area contributed by atoms with Crippen LogP contribution in [0.3, 0.4) is 0 Å². The molecule has 0 amide bonds. The zero-order chi connectivity index (χ0) is 15.4. The van der Waals surface area contributed by atoms with Gasteiger partial charge in [-0.3, -0.25) is 0 Å². The van der Waals surface area contributed by atoms with Crippen molar-refractivity contribution in [1.82, 2.24) is 0 Å². The van der Waals surface area contributed by atoms with E-state index in [9.17, 15) is 0 Å². The molecule has 0 aromatic heterocycles. The van der Waals surface area contributed by atoms with Crippen molar-refractivity contribution in [3.8, 4) is 0 Å².